The average Bonchev–Trinajstić information content (AvgIpc) is 1.95. The Morgan fingerprint density at radius 2 is 2.20 bits per heavy atom. The van der Waals surface area contributed by atoms with Crippen LogP contribution in [0.25, 0.3) is 0 Å². The van der Waals surface area contributed by atoms with Crippen molar-refractivity contribution in [3.63, 3.8) is 0 Å². The zero-order valence-electron chi connectivity index (χ0n) is 5.76. The first kappa shape index (κ1) is 7.42. The maximum Gasteiger partial charge on any atom is 0.122 e. The van der Waals surface area contributed by atoms with Crippen molar-refractivity contribution in [3.8, 4) is 5.75 Å². The number of alkyl halides is 1. The second-order valence-corrected chi connectivity index (χ2v) is 2.48. The van der Waals surface area contributed by atoms with E-state index in [4.69, 9.17) is 11.6 Å². The van der Waals surface area contributed by atoms with Gasteiger partial charge >= 0.3 is 0 Å². The minimum atomic E-state index is 0.317. The number of aromatic hydroxyl groups is 1. The van der Waals surface area contributed by atoms with E-state index < -0.39 is 0 Å². The van der Waals surface area contributed by atoms with Crippen LogP contribution in [-0.4, -0.2) is 5.11 Å². The molecule has 0 aliphatic rings. The first-order valence-corrected chi connectivity index (χ1v) is 3.62. The minimum Gasteiger partial charge on any atom is -0.507 e. The van der Waals surface area contributed by atoms with Crippen molar-refractivity contribution in [1.82, 2.24) is 0 Å². The normalized spacial score (nSPS) is 9.80. The van der Waals surface area contributed by atoms with E-state index in [0.717, 1.165) is 11.1 Å². The predicted molar refractivity (Wildman–Crippen MR) is 42.4 cm³/mol. The lowest BCUT2D eigenvalue weighted by molar-refractivity contribution is 0.466. The molecule has 1 aromatic carbocycles. The van der Waals surface area contributed by atoms with Gasteiger partial charge in [0.05, 0.1) is 5.88 Å². The molecule has 0 bridgehead atoms. The summed E-state index contributed by atoms with van der Waals surface area (Å²) in [5.41, 5.74) is 1.67. The number of rotatable bonds is 1. The van der Waals surface area contributed by atoms with Crippen LogP contribution in [0.5, 0.6) is 5.75 Å². The molecule has 0 fully saturated rings. The quantitative estimate of drug-likeness (QED) is 0.620. The van der Waals surface area contributed by atoms with Gasteiger partial charge in [-0.15, -0.1) is 11.6 Å². The molecule has 2 heteroatoms. The summed E-state index contributed by atoms with van der Waals surface area (Å²) in [6, 6.07) is 5.55. The Balaban J connectivity index is 3.14. The van der Waals surface area contributed by atoms with Crippen LogP contribution >= 0.6 is 11.6 Å². The lowest BCUT2D eigenvalue weighted by Crippen LogP contribution is -1.81. The molecule has 0 saturated heterocycles. The third kappa shape index (κ3) is 1.24. The van der Waals surface area contributed by atoms with Crippen LogP contribution in [0, 0.1) is 6.92 Å². The summed E-state index contributed by atoms with van der Waals surface area (Å²) >= 11 is 5.54. The molecule has 0 aromatic heterocycles. The van der Waals surface area contributed by atoms with Gasteiger partial charge in [0.25, 0.3) is 0 Å². The molecule has 1 N–H and O–H groups in total. The molecule has 1 aromatic rings. The number of hydrogen-bond donors (Lipinski definition) is 1. The number of hydrogen-bond acceptors (Lipinski definition) is 1. The highest BCUT2D eigenvalue weighted by molar-refractivity contribution is 6.17. The van der Waals surface area contributed by atoms with Crippen LogP contribution in [0.4, 0.5) is 0 Å². The molecule has 0 spiro atoms. The van der Waals surface area contributed by atoms with Gasteiger partial charge in [0, 0.05) is 5.56 Å². The minimum absolute atomic E-state index is 0.317. The van der Waals surface area contributed by atoms with Crippen molar-refractivity contribution in [3.05, 3.63) is 29.3 Å². The van der Waals surface area contributed by atoms with Gasteiger partial charge in [0.15, 0.2) is 0 Å². The van der Waals surface area contributed by atoms with E-state index in [1.807, 2.05) is 25.1 Å². The molecule has 10 heavy (non-hydrogen) atoms. The largest absolute Gasteiger partial charge is 0.507 e. The van der Waals surface area contributed by atoms with Gasteiger partial charge in [-0.25, -0.2) is 0 Å². The van der Waals surface area contributed by atoms with Crippen molar-refractivity contribution in [1.29, 1.82) is 0 Å². The molecular weight excluding hydrogens is 148 g/mol. The summed E-state index contributed by atoms with van der Waals surface area (Å²) in [6.45, 7) is 1.85. The van der Waals surface area contributed by atoms with Crippen LogP contribution in [0.1, 0.15) is 11.1 Å². The molecule has 1 nitrogen and oxygen atoms in total. The monoisotopic (exact) mass is 156 g/mol. The summed E-state index contributed by atoms with van der Waals surface area (Å²) in [5, 5.41) is 9.31. The molecule has 0 saturated carbocycles. The SMILES string of the molecule is Cc1cccc(CCl)c1O. The van der Waals surface area contributed by atoms with Crippen molar-refractivity contribution >= 4 is 11.6 Å². The van der Waals surface area contributed by atoms with Crippen molar-refractivity contribution in [2.75, 3.05) is 0 Å². The van der Waals surface area contributed by atoms with E-state index in [9.17, 15) is 5.11 Å². The van der Waals surface area contributed by atoms with E-state index >= 15 is 0 Å². The Hall–Kier alpha value is -0.690. The standard InChI is InChI=1S/C8H9ClO/c1-6-3-2-4-7(5-9)8(6)10/h2-4,10H,5H2,1H3. The maximum absolute atomic E-state index is 9.31. The van der Waals surface area contributed by atoms with Crippen molar-refractivity contribution in [2.24, 2.45) is 0 Å². The number of benzene rings is 1. The second kappa shape index (κ2) is 2.93. The summed E-state index contributed by atoms with van der Waals surface area (Å²) in [4.78, 5) is 0. The highest BCUT2D eigenvalue weighted by atomic mass is 35.5. The fourth-order valence-corrected chi connectivity index (χ4v) is 1.04. The van der Waals surface area contributed by atoms with Gasteiger partial charge < -0.3 is 5.11 Å². The molecule has 0 unspecified atom stereocenters. The van der Waals surface area contributed by atoms with Crippen LogP contribution in [0.15, 0.2) is 18.2 Å². The molecule has 0 aliphatic carbocycles. The smallest absolute Gasteiger partial charge is 0.122 e. The molecule has 0 radical (unpaired) electrons. The third-order valence-corrected chi connectivity index (χ3v) is 1.75. The molecule has 0 amide bonds. The Morgan fingerprint density at radius 3 is 2.70 bits per heavy atom. The molecular formula is C8H9ClO. The second-order valence-electron chi connectivity index (χ2n) is 2.22. The topological polar surface area (TPSA) is 20.2 Å². The highest BCUT2D eigenvalue weighted by Crippen LogP contribution is 2.22. The maximum atomic E-state index is 9.31. The van der Waals surface area contributed by atoms with Gasteiger partial charge in [-0.1, -0.05) is 18.2 Å². The molecule has 54 valence electrons. The molecule has 0 atom stereocenters. The summed E-state index contributed by atoms with van der Waals surface area (Å²) in [5.74, 6) is 0.686. The highest BCUT2D eigenvalue weighted by Gasteiger charge is 1.99. The zero-order valence-corrected chi connectivity index (χ0v) is 6.52. The zero-order chi connectivity index (χ0) is 7.56. The fraction of sp³-hybridized carbons (Fsp3) is 0.250. The lowest BCUT2D eigenvalue weighted by Gasteiger charge is -2.01. The van der Waals surface area contributed by atoms with Gasteiger partial charge in [-0.05, 0) is 12.5 Å². The van der Waals surface area contributed by atoms with Gasteiger partial charge in [0.1, 0.15) is 5.75 Å². The molecule has 0 heterocycles. The molecule has 0 aliphatic heterocycles. The third-order valence-electron chi connectivity index (χ3n) is 1.47. The number of phenolic OH excluding ortho intramolecular Hbond substituents is 1. The van der Waals surface area contributed by atoms with E-state index in [-0.39, 0.29) is 0 Å². The number of phenols is 1. The van der Waals surface area contributed by atoms with E-state index in [1.165, 1.54) is 0 Å². The van der Waals surface area contributed by atoms with Crippen LogP contribution in [0.3, 0.4) is 0 Å². The number of halogens is 1. The predicted octanol–water partition coefficient (Wildman–Crippen LogP) is 2.44. The average molecular weight is 157 g/mol. The van der Waals surface area contributed by atoms with E-state index in [1.54, 1.807) is 0 Å². The van der Waals surface area contributed by atoms with E-state index in [0.29, 0.717) is 11.6 Å². The van der Waals surface area contributed by atoms with Crippen LogP contribution in [0.2, 0.25) is 0 Å². The summed E-state index contributed by atoms with van der Waals surface area (Å²) in [7, 11) is 0. The number of aryl methyl sites for hydroxylation is 1. The van der Waals surface area contributed by atoms with Crippen LogP contribution < -0.4 is 0 Å². The van der Waals surface area contributed by atoms with Gasteiger partial charge in [-0.3, -0.25) is 0 Å². The fourth-order valence-electron chi connectivity index (χ4n) is 0.828. The first-order valence-electron chi connectivity index (χ1n) is 3.09. The van der Waals surface area contributed by atoms with Crippen LogP contribution in [-0.2, 0) is 5.88 Å². The molecule has 1 rings (SSSR count). The van der Waals surface area contributed by atoms with E-state index in [2.05, 4.69) is 0 Å². The summed E-state index contributed by atoms with van der Waals surface area (Å²) in [6.07, 6.45) is 0. The Labute approximate surface area is 65.3 Å². The van der Waals surface area contributed by atoms with Crippen molar-refractivity contribution < 1.29 is 5.11 Å². The van der Waals surface area contributed by atoms with Gasteiger partial charge in [-0.2, -0.15) is 0 Å². The van der Waals surface area contributed by atoms with Gasteiger partial charge in [0.2, 0.25) is 0 Å². The lowest BCUT2D eigenvalue weighted by atomic mass is 10.1. The Morgan fingerprint density at radius 1 is 1.50 bits per heavy atom. The Kier molecular flexibility index (Phi) is 2.17. The number of para-hydroxylation sites is 1. The summed E-state index contributed by atoms with van der Waals surface area (Å²) < 4.78 is 0. The first-order chi connectivity index (χ1) is 4.75. The van der Waals surface area contributed by atoms with Crippen molar-refractivity contribution in [2.45, 2.75) is 12.8 Å². The Bertz CT molecular complexity index is 233.